The number of rotatable bonds is 11. The molecule has 1 saturated heterocycles. The van der Waals surface area contributed by atoms with Gasteiger partial charge in [-0.15, -0.1) is 0 Å². The number of nitrogens with one attached hydrogen (secondary N) is 3. The predicted molar refractivity (Wildman–Crippen MR) is 129 cm³/mol. The van der Waals surface area contributed by atoms with Crippen molar-refractivity contribution in [1.29, 1.82) is 0 Å². The number of hydrogen-bond acceptors (Lipinski definition) is 7. The Kier molecular flexibility index (Phi) is 9.99. The first-order valence-corrected chi connectivity index (χ1v) is 11.7. The van der Waals surface area contributed by atoms with Crippen LogP contribution in [0.2, 0.25) is 0 Å². The van der Waals surface area contributed by atoms with Gasteiger partial charge in [0.15, 0.2) is 6.29 Å². The van der Waals surface area contributed by atoms with Crippen molar-refractivity contribution >= 4 is 23.7 Å². The average Bonchev–Trinajstić information content (AvgIpc) is 2.86. The summed E-state index contributed by atoms with van der Waals surface area (Å²) in [6, 6.07) is 9.57. The van der Waals surface area contributed by atoms with Crippen molar-refractivity contribution in [2.45, 2.75) is 51.9 Å². The largest absolute Gasteiger partial charge is 0.357 e. The summed E-state index contributed by atoms with van der Waals surface area (Å²) < 4.78 is 5.39. The lowest BCUT2D eigenvalue weighted by molar-refractivity contribution is -0.198. The van der Waals surface area contributed by atoms with E-state index in [-0.39, 0.29) is 11.8 Å². The zero-order chi connectivity index (χ0) is 24.2. The zero-order valence-corrected chi connectivity index (χ0v) is 19.7. The number of carbonyl (C=O) groups is 2. The number of benzene rings is 1. The first-order chi connectivity index (χ1) is 16.5. The minimum atomic E-state index is -0.448. The summed E-state index contributed by atoms with van der Waals surface area (Å²) in [4.78, 5) is 38.5. The molecule has 3 N–H and O–H groups in total. The molecule has 0 bridgehead atoms. The van der Waals surface area contributed by atoms with Gasteiger partial charge in [0.2, 0.25) is 5.91 Å². The van der Waals surface area contributed by atoms with E-state index in [2.05, 4.69) is 26.1 Å². The molecule has 1 aromatic heterocycles. The van der Waals surface area contributed by atoms with Crippen LogP contribution < -0.4 is 16.1 Å². The third-order valence-corrected chi connectivity index (χ3v) is 5.31. The van der Waals surface area contributed by atoms with Gasteiger partial charge < -0.3 is 15.4 Å². The number of anilines is 1. The Balaban J connectivity index is 1.45. The second-order valence-electron chi connectivity index (χ2n) is 8.43. The Bertz CT molecular complexity index is 928. The van der Waals surface area contributed by atoms with Crippen LogP contribution in [0.15, 0.2) is 48.8 Å². The SMILES string of the molecule is CC(C)[C@@H](Nc1cnc(/C=C/C(=O)NOC2CCCCO2)cn1)C(=O)NCCc1ccccc1. The summed E-state index contributed by atoms with van der Waals surface area (Å²) in [5, 5.41) is 6.14. The molecule has 1 fully saturated rings. The summed E-state index contributed by atoms with van der Waals surface area (Å²) in [5.74, 6) is 0.0340. The van der Waals surface area contributed by atoms with Gasteiger partial charge in [-0.3, -0.25) is 14.6 Å². The zero-order valence-electron chi connectivity index (χ0n) is 19.7. The average molecular weight is 468 g/mol. The molecule has 2 heterocycles. The van der Waals surface area contributed by atoms with Crippen molar-refractivity contribution in [3.05, 3.63) is 60.1 Å². The molecule has 0 spiro atoms. The van der Waals surface area contributed by atoms with Gasteiger partial charge >= 0.3 is 0 Å². The smallest absolute Gasteiger partial charge is 0.267 e. The Morgan fingerprint density at radius 3 is 2.68 bits per heavy atom. The van der Waals surface area contributed by atoms with Gasteiger partial charge in [0.05, 0.1) is 18.1 Å². The van der Waals surface area contributed by atoms with Gasteiger partial charge in [0.1, 0.15) is 11.9 Å². The van der Waals surface area contributed by atoms with E-state index in [9.17, 15) is 9.59 Å². The second-order valence-corrected chi connectivity index (χ2v) is 8.43. The topological polar surface area (TPSA) is 114 Å². The molecule has 34 heavy (non-hydrogen) atoms. The van der Waals surface area contributed by atoms with Crippen LogP contribution in [0, 0.1) is 5.92 Å². The number of hydrogen-bond donors (Lipinski definition) is 3. The van der Waals surface area contributed by atoms with Crippen molar-refractivity contribution in [2.24, 2.45) is 5.92 Å². The first kappa shape index (κ1) is 25.3. The fraction of sp³-hybridized carbons (Fsp3) is 0.440. The molecule has 2 atom stereocenters. The van der Waals surface area contributed by atoms with E-state index >= 15 is 0 Å². The lowest BCUT2D eigenvalue weighted by atomic mass is 10.0. The molecule has 1 aromatic carbocycles. The quantitative estimate of drug-likeness (QED) is 0.344. The molecule has 2 aromatic rings. The highest BCUT2D eigenvalue weighted by molar-refractivity contribution is 5.90. The third-order valence-electron chi connectivity index (χ3n) is 5.31. The summed E-state index contributed by atoms with van der Waals surface area (Å²) in [7, 11) is 0. The molecular formula is C25H33N5O4. The van der Waals surface area contributed by atoms with E-state index in [0.717, 1.165) is 25.7 Å². The van der Waals surface area contributed by atoms with Crippen molar-refractivity contribution in [1.82, 2.24) is 20.8 Å². The monoisotopic (exact) mass is 467 g/mol. The second kappa shape index (κ2) is 13.4. The van der Waals surface area contributed by atoms with E-state index in [4.69, 9.17) is 9.57 Å². The molecule has 0 radical (unpaired) electrons. The van der Waals surface area contributed by atoms with Crippen LogP contribution in [-0.4, -0.2) is 47.3 Å². The number of carbonyl (C=O) groups excluding carboxylic acids is 2. The molecule has 1 aliphatic rings. The minimum absolute atomic E-state index is 0.0509. The van der Waals surface area contributed by atoms with E-state index in [1.807, 2.05) is 44.2 Å². The van der Waals surface area contributed by atoms with Crippen molar-refractivity contribution < 1.29 is 19.2 Å². The Morgan fingerprint density at radius 2 is 2.00 bits per heavy atom. The molecule has 1 aliphatic heterocycles. The summed E-state index contributed by atoms with van der Waals surface area (Å²) >= 11 is 0. The van der Waals surface area contributed by atoms with Crippen LogP contribution in [0.4, 0.5) is 5.82 Å². The fourth-order valence-corrected chi connectivity index (χ4v) is 3.40. The normalized spacial score (nSPS) is 16.9. The summed E-state index contributed by atoms with van der Waals surface area (Å²) in [6.45, 7) is 5.14. The van der Waals surface area contributed by atoms with Gasteiger partial charge in [-0.25, -0.2) is 15.3 Å². The molecule has 3 rings (SSSR count). The number of amides is 2. The number of ether oxygens (including phenoxy) is 1. The molecular weight excluding hydrogens is 434 g/mol. The fourth-order valence-electron chi connectivity index (χ4n) is 3.40. The van der Waals surface area contributed by atoms with Crippen LogP contribution >= 0.6 is 0 Å². The molecule has 2 amide bonds. The van der Waals surface area contributed by atoms with Crippen LogP contribution in [0.5, 0.6) is 0 Å². The Hall–Kier alpha value is -3.30. The van der Waals surface area contributed by atoms with E-state index in [1.54, 1.807) is 0 Å². The first-order valence-electron chi connectivity index (χ1n) is 11.7. The van der Waals surface area contributed by atoms with Gasteiger partial charge in [-0.1, -0.05) is 44.2 Å². The minimum Gasteiger partial charge on any atom is -0.357 e. The van der Waals surface area contributed by atoms with E-state index < -0.39 is 18.2 Å². The van der Waals surface area contributed by atoms with Crippen LogP contribution in [0.1, 0.15) is 44.4 Å². The highest BCUT2D eigenvalue weighted by Gasteiger charge is 2.22. The highest BCUT2D eigenvalue weighted by Crippen LogP contribution is 2.13. The maximum atomic E-state index is 12.7. The molecule has 9 nitrogen and oxygen atoms in total. The lowest BCUT2D eigenvalue weighted by Crippen LogP contribution is -2.43. The van der Waals surface area contributed by atoms with Gasteiger partial charge in [-0.05, 0) is 36.8 Å². The number of nitrogens with zero attached hydrogens (tertiary/aromatic N) is 2. The maximum absolute atomic E-state index is 12.7. The van der Waals surface area contributed by atoms with E-state index in [1.165, 1.54) is 30.1 Å². The lowest BCUT2D eigenvalue weighted by Gasteiger charge is -2.22. The van der Waals surface area contributed by atoms with Crippen molar-refractivity contribution in [2.75, 3.05) is 18.5 Å². The summed E-state index contributed by atoms with van der Waals surface area (Å²) in [5.41, 5.74) is 4.03. The van der Waals surface area contributed by atoms with Crippen LogP contribution in [0.3, 0.4) is 0 Å². The van der Waals surface area contributed by atoms with E-state index in [0.29, 0.717) is 24.7 Å². The van der Waals surface area contributed by atoms with Gasteiger partial charge in [0, 0.05) is 25.6 Å². The predicted octanol–water partition coefficient (Wildman–Crippen LogP) is 2.86. The van der Waals surface area contributed by atoms with Crippen LogP contribution in [-0.2, 0) is 25.6 Å². The highest BCUT2D eigenvalue weighted by atomic mass is 16.8. The number of aromatic nitrogens is 2. The van der Waals surface area contributed by atoms with Crippen molar-refractivity contribution in [3.8, 4) is 0 Å². The summed E-state index contributed by atoms with van der Waals surface area (Å²) in [6.07, 6.45) is 9.06. The molecule has 9 heteroatoms. The van der Waals surface area contributed by atoms with Crippen LogP contribution in [0.25, 0.3) is 6.08 Å². The number of hydroxylamine groups is 1. The Morgan fingerprint density at radius 1 is 1.18 bits per heavy atom. The molecule has 1 unspecified atom stereocenters. The van der Waals surface area contributed by atoms with Gasteiger partial charge in [-0.2, -0.15) is 0 Å². The standard InChI is InChI=1S/C25H33N5O4/c1-18(2)24(25(32)26-14-13-19-8-4-3-5-9-19)29-21-17-27-20(16-28-21)11-12-22(31)30-34-23-10-6-7-15-33-23/h3-5,8-9,11-12,16-18,23-24H,6-7,10,13-15H2,1-2H3,(H,26,32)(H,28,29)(H,30,31)/b12-11+/t23?,24-/m1/s1. The Labute approximate surface area is 200 Å². The van der Waals surface area contributed by atoms with Gasteiger partial charge in [0.25, 0.3) is 5.91 Å². The van der Waals surface area contributed by atoms with Crippen molar-refractivity contribution in [3.63, 3.8) is 0 Å². The molecule has 0 saturated carbocycles. The maximum Gasteiger partial charge on any atom is 0.267 e. The third kappa shape index (κ3) is 8.57. The molecule has 182 valence electrons. The molecule has 0 aliphatic carbocycles.